The van der Waals surface area contributed by atoms with Gasteiger partial charge >= 0.3 is 0 Å². The second-order valence-corrected chi connectivity index (χ2v) is 8.33. The summed E-state index contributed by atoms with van der Waals surface area (Å²) in [6.07, 6.45) is 4.51. The number of nitrogens with zero attached hydrogens (tertiary/aromatic N) is 2. The smallest absolute Gasteiger partial charge is 0.114 e. The van der Waals surface area contributed by atoms with Crippen LogP contribution in [0.25, 0.3) is 11.3 Å². The van der Waals surface area contributed by atoms with Crippen molar-refractivity contribution in [3.63, 3.8) is 0 Å². The third kappa shape index (κ3) is 4.04. The van der Waals surface area contributed by atoms with E-state index in [1.54, 1.807) is 0 Å². The largest absolute Gasteiger partial charge is 0.381 e. The normalized spacial score (nSPS) is 16.7. The number of benzene rings is 1. The Hall–Kier alpha value is -1.13. The van der Waals surface area contributed by atoms with E-state index in [9.17, 15) is 0 Å². The number of hydrogen-bond donors (Lipinski definition) is 0. The third-order valence-corrected chi connectivity index (χ3v) is 4.86. The summed E-state index contributed by atoms with van der Waals surface area (Å²) in [5, 5.41) is 0. The molecule has 0 amide bonds. The van der Waals surface area contributed by atoms with E-state index < -0.39 is 0 Å². The molecule has 1 aliphatic heterocycles. The van der Waals surface area contributed by atoms with E-state index in [2.05, 4.69) is 65.7 Å². The second-order valence-electron chi connectivity index (χ2n) is 7.42. The van der Waals surface area contributed by atoms with Gasteiger partial charge in [-0.3, -0.25) is 0 Å². The lowest BCUT2D eigenvalue weighted by atomic mass is 9.94. The maximum absolute atomic E-state index is 5.49. The molecule has 0 bridgehead atoms. The molecule has 0 aliphatic carbocycles. The average Bonchev–Trinajstić information content (AvgIpc) is 2.92. The Labute approximate surface area is 147 Å². The van der Waals surface area contributed by atoms with Gasteiger partial charge in [0.15, 0.2) is 0 Å². The van der Waals surface area contributed by atoms with Crippen LogP contribution in [0.4, 0.5) is 0 Å². The Kier molecular flexibility index (Phi) is 4.93. The van der Waals surface area contributed by atoms with Crippen LogP contribution in [0.5, 0.6) is 0 Å². The van der Waals surface area contributed by atoms with Gasteiger partial charge in [-0.1, -0.05) is 48.8 Å². The molecule has 4 heteroatoms. The van der Waals surface area contributed by atoms with Crippen LogP contribution < -0.4 is 0 Å². The molecule has 0 saturated carbocycles. The molecular formula is C19H25BrN2O. The van der Waals surface area contributed by atoms with Crippen LogP contribution in [-0.2, 0) is 16.7 Å². The third-order valence-electron chi connectivity index (χ3n) is 4.36. The molecule has 0 radical (unpaired) electrons. The molecule has 124 valence electrons. The zero-order valence-corrected chi connectivity index (χ0v) is 15.8. The van der Waals surface area contributed by atoms with E-state index in [1.807, 2.05) is 6.07 Å². The maximum Gasteiger partial charge on any atom is 0.114 e. The SMILES string of the molecule is CC(C)(C)c1nc(-c2cccc(Br)c2)cn1CC1CCOCC1. The van der Waals surface area contributed by atoms with Gasteiger partial charge in [-0.05, 0) is 30.9 Å². The molecule has 3 nitrogen and oxygen atoms in total. The van der Waals surface area contributed by atoms with Crippen LogP contribution in [0.1, 0.15) is 39.4 Å². The molecule has 2 aromatic rings. The summed E-state index contributed by atoms with van der Waals surface area (Å²) in [4.78, 5) is 4.97. The number of ether oxygens (including phenoxy) is 1. The highest BCUT2D eigenvalue weighted by Gasteiger charge is 2.24. The molecule has 2 heterocycles. The first-order valence-electron chi connectivity index (χ1n) is 8.35. The van der Waals surface area contributed by atoms with E-state index >= 15 is 0 Å². The van der Waals surface area contributed by atoms with Crippen molar-refractivity contribution in [3.05, 3.63) is 40.8 Å². The predicted molar refractivity (Wildman–Crippen MR) is 97.6 cm³/mol. The van der Waals surface area contributed by atoms with E-state index in [1.165, 1.54) is 5.82 Å². The summed E-state index contributed by atoms with van der Waals surface area (Å²) >= 11 is 3.56. The lowest BCUT2D eigenvalue weighted by Gasteiger charge is -2.25. The lowest BCUT2D eigenvalue weighted by molar-refractivity contribution is 0.0608. The van der Waals surface area contributed by atoms with Crippen LogP contribution in [0.3, 0.4) is 0 Å². The standard InChI is InChI=1S/C19H25BrN2O/c1-19(2,3)18-21-17(15-5-4-6-16(20)11-15)13-22(18)12-14-7-9-23-10-8-14/h4-6,11,13-14H,7-10,12H2,1-3H3. The topological polar surface area (TPSA) is 27.1 Å². The minimum atomic E-state index is 0.0371. The van der Waals surface area contributed by atoms with Crippen molar-refractivity contribution in [2.45, 2.75) is 45.6 Å². The molecule has 1 aliphatic rings. The molecule has 1 fully saturated rings. The minimum Gasteiger partial charge on any atom is -0.381 e. The van der Waals surface area contributed by atoms with Gasteiger partial charge < -0.3 is 9.30 Å². The fourth-order valence-corrected chi connectivity index (χ4v) is 3.55. The van der Waals surface area contributed by atoms with E-state index in [0.717, 1.165) is 48.3 Å². The van der Waals surface area contributed by atoms with Crippen molar-refractivity contribution in [1.82, 2.24) is 9.55 Å². The highest BCUT2D eigenvalue weighted by atomic mass is 79.9. The van der Waals surface area contributed by atoms with Gasteiger partial charge in [0.1, 0.15) is 5.82 Å². The molecule has 23 heavy (non-hydrogen) atoms. The molecule has 1 aromatic heterocycles. The molecular weight excluding hydrogens is 352 g/mol. The quantitative estimate of drug-likeness (QED) is 0.750. The first-order valence-corrected chi connectivity index (χ1v) is 9.14. The Morgan fingerprint density at radius 3 is 2.65 bits per heavy atom. The Bertz CT molecular complexity index is 666. The fraction of sp³-hybridized carbons (Fsp3) is 0.526. The highest BCUT2D eigenvalue weighted by molar-refractivity contribution is 9.10. The van der Waals surface area contributed by atoms with Gasteiger partial charge in [0.2, 0.25) is 0 Å². The molecule has 0 N–H and O–H groups in total. The molecule has 0 unspecified atom stereocenters. The summed E-state index contributed by atoms with van der Waals surface area (Å²) in [5.41, 5.74) is 2.26. The Balaban J connectivity index is 1.93. The summed E-state index contributed by atoms with van der Waals surface area (Å²) in [6.45, 7) is 9.53. The summed E-state index contributed by atoms with van der Waals surface area (Å²) in [5.74, 6) is 1.85. The molecule has 0 atom stereocenters. The summed E-state index contributed by atoms with van der Waals surface area (Å²) in [6, 6.07) is 8.37. The fourth-order valence-electron chi connectivity index (χ4n) is 3.15. The van der Waals surface area contributed by atoms with Gasteiger partial charge in [-0.25, -0.2) is 4.98 Å². The zero-order valence-electron chi connectivity index (χ0n) is 14.2. The maximum atomic E-state index is 5.49. The number of imidazole rings is 1. The van der Waals surface area contributed by atoms with Gasteiger partial charge in [-0.15, -0.1) is 0 Å². The molecule has 3 rings (SSSR count). The first-order chi connectivity index (χ1) is 10.9. The van der Waals surface area contributed by atoms with Crippen molar-refractivity contribution >= 4 is 15.9 Å². The van der Waals surface area contributed by atoms with Gasteiger partial charge in [-0.2, -0.15) is 0 Å². The summed E-state index contributed by atoms with van der Waals surface area (Å²) < 4.78 is 8.95. The number of aromatic nitrogens is 2. The average molecular weight is 377 g/mol. The van der Waals surface area contributed by atoms with Crippen molar-refractivity contribution in [1.29, 1.82) is 0 Å². The van der Waals surface area contributed by atoms with E-state index in [-0.39, 0.29) is 5.41 Å². The number of rotatable bonds is 3. The van der Waals surface area contributed by atoms with Crippen molar-refractivity contribution in [2.24, 2.45) is 5.92 Å². The monoisotopic (exact) mass is 376 g/mol. The molecule has 0 spiro atoms. The predicted octanol–water partition coefficient (Wildman–Crippen LogP) is 5.04. The van der Waals surface area contributed by atoms with Crippen molar-refractivity contribution in [2.75, 3.05) is 13.2 Å². The lowest BCUT2D eigenvalue weighted by Crippen LogP contribution is -2.24. The number of hydrogen-bond acceptors (Lipinski definition) is 2. The second kappa shape index (κ2) is 6.78. The van der Waals surface area contributed by atoms with Crippen LogP contribution >= 0.6 is 15.9 Å². The van der Waals surface area contributed by atoms with Crippen LogP contribution in [0.15, 0.2) is 34.9 Å². The van der Waals surface area contributed by atoms with Gasteiger partial charge in [0, 0.05) is 41.4 Å². The number of halogens is 1. The van der Waals surface area contributed by atoms with E-state index in [4.69, 9.17) is 9.72 Å². The van der Waals surface area contributed by atoms with E-state index in [0.29, 0.717) is 5.92 Å². The van der Waals surface area contributed by atoms with Crippen LogP contribution in [0, 0.1) is 5.92 Å². The van der Waals surface area contributed by atoms with Crippen molar-refractivity contribution < 1.29 is 4.74 Å². The summed E-state index contributed by atoms with van der Waals surface area (Å²) in [7, 11) is 0. The minimum absolute atomic E-state index is 0.0371. The Morgan fingerprint density at radius 1 is 1.26 bits per heavy atom. The van der Waals surface area contributed by atoms with Crippen LogP contribution in [0.2, 0.25) is 0 Å². The van der Waals surface area contributed by atoms with Gasteiger partial charge in [0.25, 0.3) is 0 Å². The first kappa shape index (κ1) is 16.7. The van der Waals surface area contributed by atoms with Crippen LogP contribution in [-0.4, -0.2) is 22.8 Å². The molecule has 1 aromatic carbocycles. The Morgan fingerprint density at radius 2 is 2.00 bits per heavy atom. The van der Waals surface area contributed by atoms with Crippen molar-refractivity contribution in [3.8, 4) is 11.3 Å². The highest BCUT2D eigenvalue weighted by Crippen LogP contribution is 2.29. The molecule has 1 saturated heterocycles. The van der Waals surface area contributed by atoms with Gasteiger partial charge in [0.05, 0.1) is 5.69 Å². The zero-order chi connectivity index (χ0) is 16.4.